The van der Waals surface area contributed by atoms with Gasteiger partial charge in [-0.15, -0.1) is 0 Å². The zero-order valence-electron chi connectivity index (χ0n) is 18.9. The molecule has 32 heavy (non-hydrogen) atoms. The number of carbonyl (C=O) groups is 2. The van der Waals surface area contributed by atoms with Crippen molar-refractivity contribution in [2.45, 2.75) is 58.1 Å². The topological polar surface area (TPSA) is 67.9 Å². The summed E-state index contributed by atoms with van der Waals surface area (Å²) in [4.78, 5) is 27.6. The second-order valence-corrected chi connectivity index (χ2v) is 8.80. The number of piperidine rings is 1. The second kappa shape index (κ2) is 10.2. The van der Waals surface area contributed by atoms with Gasteiger partial charge in [0.15, 0.2) is 0 Å². The quantitative estimate of drug-likeness (QED) is 0.705. The van der Waals surface area contributed by atoms with E-state index in [1.54, 1.807) is 30.3 Å². The highest BCUT2D eigenvalue weighted by Crippen LogP contribution is 2.23. The van der Waals surface area contributed by atoms with Crippen LogP contribution in [-0.4, -0.2) is 48.6 Å². The minimum Gasteiger partial charge on any atom is -0.491 e. The standard InChI is InChI=1S/C26H32N2O4/c1-18-16-21(26(30)28-14-4-3-6-19(28)2)10-13-24(18)27-25(29)20-8-11-22(12-9-20)32-17-23-7-5-15-31-23/h8-13,16,19,23H,3-7,14-15,17H2,1-2H3,(H,27,29). The third-order valence-electron chi connectivity index (χ3n) is 6.36. The molecule has 6 nitrogen and oxygen atoms in total. The first kappa shape index (κ1) is 22.3. The van der Waals surface area contributed by atoms with E-state index >= 15 is 0 Å². The highest BCUT2D eigenvalue weighted by molar-refractivity contribution is 6.05. The summed E-state index contributed by atoms with van der Waals surface area (Å²) >= 11 is 0. The molecule has 2 unspecified atom stereocenters. The molecule has 0 spiro atoms. The Hall–Kier alpha value is -2.86. The number of hydrogen-bond acceptors (Lipinski definition) is 4. The summed E-state index contributed by atoms with van der Waals surface area (Å²) in [5.74, 6) is 0.599. The van der Waals surface area contributed by atoms with Crippen molar-refractivity contribution in [3.05, 3.63) is 59.2 Å². The Morgan fingerprint density at radius 1 is 1.06 bits per heavy atom. The van der Waals surface area contributed by atoms with E-state index in [9.17, 15) is 9.59 Å². The van der Waals surface area contributed by atoms with Crippen molar-refractivity contribution in [1.29, 1.82) is 0 Å². The molecule has 2 aliphatic rings. The van der Waals surface area contributed by atoms with Crippen LogP contribution in [0.4, 0.5) is 5.69 Å². The fraction of sp³-hybridized carbons (Fsp3) is 0.462. The van der Waals surface area contributed by atoms with Crippen LogP contribution < -0.4 is 10.1 Å². The molecule has 0 radical (unpaired) electrons. The van der Waals surface area contributed by atoms with Crippen LogP contribution in [0.3, 0.4) is 0 Å². The first-order chi connectivity index (χ1) is 15.5. The van der Waals surface area contributed by atoms with Gasteiger partial charge in [0.05, 0.1) is 6.10 Å². The molecular weight excluding hydrogens is 404 g/mol. The zero-order chi connectivity index (χ0) is 22.5. The second-order valence-electron chi connectivity index (χ2n) is 8.80. The van der Waals surface area contributed by atoms with E-state index in [0.717, 1.165) is 50.1 Å². The van der Waals surface area contributed by atoms with Gasteiger partial charge in [-0.05, 0) is 94.0 Å². The lowest BCUT2D eigenvalue weighted by atomic mass is 10.0. The van der Waals surface area contributed by atoms with E-state index in [0.29, 0.717) is 23.4 Å². The molecule has 2 fully saturated rings. The molecule has 4 rings (SSSR count). The SMILES string of the molecule is Cc1cc(C(=O)N2CCCCC2C)ccc1NC(=O)c1ccc(OCC2CCCO2)cc1. The summed E-state index contributed by atoms with van der Waals surface area (Å²) in [7, 11) is 0. The molecule has 0 aromatic heterocycles. The molecule has 2 heterocycles. The van der Waals surface area contributed by atoms with Crippen molar-refractivity contribution >= 4 is 17.5 Å². The van der Waals surface area contributed by atoms with Crippen LogP contribution in [0.15, 0.2) is 42.5 Å². The maximum Gasteiger partial charge on any atom is 0.255 e. The minimum absolute atomic E-state index is 0.0665. The molecule has 0 bridgehead atoms. The van der Waals surface area contributed by atoms with Crippen LogP contribution in [0.2, 0.25) is 0 Å². The summed E-state index contributed by atoms with van der Waals surface area (Å²) in [6, 6.07) is 12.9. The number of hydrogen-bond donors (Lipinski definition) is 1. The molecular formula is C26H32N2O4. The predicted molar refractivity (Wildman–Crippen MR) is 124 cm³/mol. The third kappa shape index (κ3) is 5.30. The first-order valence-electron chi connectivity index (χ1n) is 11.6. The highest BCUT2D eigenvalue weighted by Gasteiger charge is 2.24. The monoisotopic (exact) mass is 436 g/mol. The van der Waals surface area contributed by atoms with Gasteiger partial charge in [-0.1, -0.05) is 0 Å². The van der Waals surface area contributed by atoms with Gasteiger partial charge in [0.1, 0.15) is 12.4 Å². The van der Waals surface area contributed by atoms with E-state index in [2.05, 4.69) is 12.2 Å². The summed E-state index contributed by atoms with van der Waals surface area (Å²) in [5.41, 5.74) is 2.79. The summed E-state index contributed by atoms with van der Waals surface area (Å²) < 4.78 is 11.3. The Kier molecular flexibility index (Phi) is 7.10. The smallest absolute Gasteiger partial charge is 0.255 e. The number of rotatable bonds is 6. The average molecular weight is 437 g/mol. The number of carbonyl (C=O) groups excluding carboxylic acids is 2. The van der Waals surface area contributed by atoms with E-state index < -0.39 is 0 Å². The Balaban J connectivity index is 1.36. The highest BCUT2D eigenvalue weighted by atomic mass is 16.5. The maximum atomic E-state index is 12.9. The fourth-order valence-electron chi connectivity index (χ4n) is 4.36. The van der Waals surface area contributed by atoms with Gasteiger partial charge in [-0.3, -0.25) is 9.59 Å². The molecule has 6 heteroatoms. The Labute approximate surface area is 189 Å². The molecule has 2 aromatic rings. The average Bonchev–Trinajstić information content (AvgIpc) is 3.33. The van der Waals surface area contributed by atoms with Crippen LogP contribution in [0, 0.1) is 6.92 Å². The largest absolute Gasteiger partial charge is 0.491 e. The number of amides is 2. The van der Waals surface area contributed by atoms with Crippen molar-refractivity contribution < 1.29 is 19.1 Å². The summed E-state index contributed by atoms with van der Waals surface area (Å²) in [6.07, 6.45) is 5.56. The Morgan fingerprint density at radius 2 is 1.84 bits per heavy atom. The van der Waals surface area contributed by atoms with E-state index in [1.807, 2.05) is 24.0 Å². The van der Waals surface area contributed by atoms with Crippen LogP contribution in [0.25, 0.3) is 0 Å². The van der Waals surface area contributed by atoms with Crippen molar-refractivity contribution in [2.24, 2.45) is 0 Å². The Morgan fingerprint density at radius 3 is 2.53 bits per heavy atom. The van der Waals surface area contributed by atoms with Gasteiger partial charge in [0, 0.05) is 36.0 Å². The van der Waals surface area contributed by atoms with Gasteiger partial charge in [-0.25, -0.2) is 0 Å². The predicted octanol–water partition coefficient (Wildman–Crippen LogP) is 4.82. The Bertz CT molecular complexity index is 951. The molecule has 2 atom stereocenters. The number of ether oxygens (including phenoxy) is 2. The molecule has 0 aliphatic carbocycles. The van der Waals surface area contributed by atoms with Crippen molar-refractivity contribution in [1.82, 2.24) is 4.90 Å². The van der Waals surface area contributed by atoms with Crippen molar-refractivity contribution in [3.63, 3.8) is 0 Å². The van der Waals surface area contributed by atoms with Gasteiger partial charge in [0.2, 0.25) is 0 Å². The number of benzene rings is 2. The lowest BCUT2D eigenvalue weighted by Gasteiger charge is -2.33. The number of likely N-dealkylation sites (tertiary alicyclic amines) is 1. The van der Waals surface area contributed by atoms with Gasteiger partial charge >= 0.3 is 0 Å². The van der Waals surface area contributed by atoms with Crippen LogP contribution in [0.1, 0.15) is 65.3 Å². The van der Waals surface area contributed by atoms with Crippen LogP contribution in [-0.2, 0) is 4.74 Å². The number of aryl methyl sites for hydroxylation is 1. The number of nitrogens with zero attached hydrogens (tertiary/aromatic N) is 1. The van der Waals surface area contributed by atoms with E-state index in [-0.39, 0.29) is 24.0 Å². The summed E-state index contributed by atoms with van der Waals surface area (Å²) in [5, 5.41) is 2.95. The van der Waals surface area contributed by atoms with E-state index in [1.165, 1.54) is 6.42 Å². The van der Waals surface area contributed by atoms with Gasteiger partial charge < -0.3 is 19.7 Å². The van der Waals surface area contributed by atoms with Crippen LogP contribution in [0.5, 0.6) is 5.75 Å². The molecule has 2 aliphatic heterocycles. The van der Waals surface area contributed by atoms with Gasteiger partial charge in [0.25, 0.3) is 11.8 Å². The van der Waals surface area contributed by atoms with Crippen molar-refractivity contribution in [2.75, 3.05) is 25.1 Å². The van der Waals surface area contributed by atoms with Crippen LogP contribution >= 0.6 is 0 Å². The first-order valence-corrected chi connectivity index (χ1v) is 11.6. The molecule has 2 saturated heterocycles. The van der Waals surface area contributed by atoms with Crippen molar-refractivity contribution in [3.8, 4) is 5.75 Å². The number of nitrogens with one attached hydrogen (secondary N) is 1. The normalized spacial score (nSPS) is 20.8. The molecule has 170 valence electrons. The maximum absolute atomic E-state index is 12.9. The number of anilines is 1. The lowest BCUT2D eigenvalue weighted by Crippen LogP contribution is -2.42. The zero-order valence-corrected chi connectivity index (χ0v) is 18.9. The lowest BCUT2D eigenvalue weighted by molar-refractivity contribution is 0.0635. The fourth-order valence-corrected chi connectivity index (χ4v) is 4.36. The van der Waals surface area contributed by atoms with Gasteiger partial charge in [-0.2, -0.15) is 0 Å². The van der Waals surface area contributed by atoms with E-state index in [4.69, 9.17) is 9.47 Å². The molecule has 1 N–H and O–H groups in total. The summed E-state index contributed by atoms with van der Waals surface area (Å²) in [6.45, 7) is 6.17. The molecule has 0 saturated carbocycles. The third-order valence-corrected chi connectivity index (χ3v) is 6.36. The molecule has 2 amide bonds. The minimum atomic E-state index is -0.192. The molecule has 2 aromatic carbocycles.